The molecule has 0 aliphatic carbocycles. The highest BCUT2D eigenvalue weighted by atomic mass is 35.5. The number of carbonyl (C=O) groups is 3. The highest BCUT2D eigenvalue weighted by Gasteiger charge is 2.34. The van der Waals surface area contributed by atoms with Crippen LogP contribution in [0.15, 0.2) is 66.0 Å². The van der Waals surface area contributed by atoms with Gasteiger partial charge in [-0.05, 0) is 29.6 Å². The van der Waals surface area contributed by atoms with Gasteiger partial charge in [-0.2, -0.15) is 13.2 Å². The van der Waals surface area contributed by atoms with E-state index in [-0.39, 0.29) is 11.3 Å². The van der Waals surface area contributed by atoms with Crippen LogP contribution < -0.4 is 10.6 Å². The van der Waals surface area contributed by atoms with Gasteiger partial charge in [-0.15, -0.1) is 11.3 Å². The van der Waals surface area contributed by atoms with E-state index in [1.165, 1.54) is 29.5 Å². The molecule has 0 saturated heterocycles. The van der Waals surface area contributed by atoms with E-state index in [0.717, 1.165) is 6.07 Å². The van der Waals surface area contributed by atoms with Gasteiger partial charge in [-0.25, -0.2) is 0 Å². The number of thiophene rings is 1. The molecule has 33 heavy (non-hydrogen) atoms. The topological polar surface area (TPSA) is 84.5 Å². The van der Waals surface area contributed by atoms with E-state index in [1.54, 1.807) is 35.7 Å². The summed E-state index contributed by atoms with van der Waals surface area (Å²) in [4.78, 5) is 37.5. The lowest BCUT2D eigenvalue weighted by atomic mass is 10.1. The quantitative estimate of drug-likeness (QED) is 0.447. The van der Waals surface area contributed by atoms with E-state index in [0.29, 0.717) is 10.9 Å². The third-order valence-corrected chi connectivity index (χ3v) is 5.47. The predicted octanol–water partition coefficient (Wildman–Crippen LogP) is 5.07. The van der Waals surface area contributed by atoms with Crippen LogP contribution in [0.5, 0.6) is 0 Å². The summed E-state index contributed by atoms with van der Waals surface area (Å²) in [6.45, 7) is -0.507. The molecule has 0 aliphatic rings. The van der Waals surface area contributed by atoms with Gasteiger partial charge in [0.1, 0.15) is 6.54 Å². The molecule has 3 aromatic rings. The van der Waals surface area contributed by atoms with Gasteiger partial charge in [0.15, 0.2) is 0 Å². The van der Waals surface area contributed by atoms with Gasteiger partial charge in [0.05, 0.1) is 15.5 Å². The van der Waals surface area contributed by atoms with Crippen LogP contribution in [0.25, 0.3) is 0 Å². The minimum absolute atomic E-state index is 0.181. The average Bonchev–Trinajstić information content (AvgIpc) is 3.32. The molecule has 2 amide bonds. The molecule has 3 rings (SSSR count). The third kappa shape index (κ3) is 6.56. The first kappa shape index (κ1) is 24.3. The fraction of sp³-hybridized carbons (Fsp3) is 0.136. The number of carbonyl (C=O) groups excluding carboxylic acids is 3. The summed E-state index contributed by atoms with van der Waals surface area (Å²) in [6.07, 6.45) is -6.19. The molecule has 0 fully saturated rings. The van der Waals surface area contributed by atoms with Crippen molar-refractivity contribution in [2.24, 2.45) is 0 Å². The van der Waals surface area contributed by atoms with E-state index in [4.69, 9.17) is 16.3 Å². The van der Waals surface area contributed by atoms with E-state index < -0.39 is 47.2 Å². The number of rotatable bonds is 7. The Labute approximate surface area is 195 Å². The molecule has 172 valence electrons. The Morgan fingerprint density at radius 1 is 1.03 bits per heavy atom. The summed E-state index contributed by atoms with van der Waals surface area (Å²) in [5.41, 5.74) is -1.01. The standard InChI is InChI=1S/C22H16ClF3N2O4S/c23-16-9-8-14(11-15(16)22(24,25)26)28-21(31)19(13-5-2-1-3-6-13)32-18(29)12-27-20(30)17-7-4-10-33-17/h1-11,19H,12H2,(H,27,30)(H,28,31)/t19-/m0/s1. The summed E-state index contributed by atoms with van der Waals surface area (Å²) in [5.74, 6) is -2.27. The number of amides is 2. The molecule has 2 aromatic carbocycles. The zero-order valence-electron chi connectivity index (χ0n) is 16.7. The number of hydrogen-bond acceptors (Lipinski definition) is 5. The van der Waals surface area contributed by atoms with Crippen LogP contribution >= 0.6 is 22.9 Å². The maximum atomic E-state index is 13.1. The molecular weight excluding hydrogens is 481 g/mol. The van der Waals surface area contributed by atoms with Gasteiger partial charge in [-0.1, -0.05) is 48.0 Å². The molecule has 1 atom stereocenters. The zero-order chi connectivity index (χ0) is 24.0. The first-order chi connectivity index (χ1) is 15.6. The summed E-state index contributed by atoms with van der Waals surface area (Å²) in [6, 6.07) is 14.1. The van der Waals surface area contributed by atoms with Crippen LogP contribution in [0.1, 0.15) is 26.9 Å². The Kier molecular flexibility index (Phi) is 7.72. The Balaban J connectivity index is 1.74. The zero-order valence-corrected chi connectivity index (χ0v) is 18.3. The van der Waals surface area contributed by atoms with Crippen LogP contribution in [-0.2, 0) is 20.5 Å². The van der Waals surface area contributed by atoms with E-state index in [1.807, 2.05) is 0 Å². The van der Waals surface area contributed by atoms with Crippen molar-refractivity contribution in [1.29, 1.82) is 0 Å². The van der Waals surface area contributed by atoms with E-state index in [9.17, 15) is 27.6 Å². The van der Waals surface area contributed by atoms with Crippen molar-refractivity contribution in [3.63, 3.8) is 0 Å². The third-order valence-electron chi connectivity index (χ3n) is 4.27. The van der Waals surface area contributed by atoms with Crippen molar-refractivity contribution in [3.8, 4) is 0 Å². The van der Waals surface area contributed by atoms with Crippen LogP contribution in [-0.4, -0.2) is 24.3 Å². The highest BCUT2D eigenvalue weighted by molar-refractivity contribution is 7.12. The van der Waals surface area contributed by atoms with E-state index in [2.05, 4.69) is 10.6 Å². The van der Waals surface area contributed by atoms with Crippen molar-refractivity contribution < 1.29 is 32.3 Å². The monoisotopic (exact) mass is 496 g/mol. The SMILES string of the molecule is O=C(CNC(=O)c1cccs1)O[C@H](C(=O)Nc1ccc(Cl)c(C(F)(F)F)c1)c1ccccc1. The molecule has 6 nitrogen and oxygen atoms in total. The minimum atomic E-state index is -4.72. The molecule has 2 N–H and O–H groups in total. The average molecular weight is 497 g/mol. The van der Waals surface area contributed by atoms with E-state index >= 15 is 0 Å². The number of hydrogen-bond donors (Lipinski definition) is 2. The second-order valence-corrected chi connectivity index (χ2v) is 7.98. The van der Waals surface area contributed by atoms with Crippen molar-refractivity contribution in [2.75, 3.05) is 11.9 Å². The lowest BCUT2D eigenvalue weighted by Gasteiger charge is -2.19. The Bertz CT molecular complexity index is 1140. The first-order valence-corrected chi connectivity index (χ1v) is 10.6. The fourth-order valence-electron chi connectivity index (χ4n) is 2.75. The Morgan fingerprint density at radius 3 is 2.39 bits per heavy atom. The molecule has 0 spiro atoms. The van der Waals surface area contributed by atoms with Crippen LogP contribution in [0, 0.1) is 0 Å². The number of alkyl halides is 3. The molecule has 1 aromatic heterocycles. The largest absolute Gasteiger partial charge is 0.446 e. The molecule has 0 saturated carbocycles. The second-order valence-electron chi connectivity index (χ2n) is 6.62. The number of nitrogens with one attached hydrogen (secondary N) is 2. The molecule has 0 unspecified atom stereocenters. The van der Waals surface area contributed by atoms with Crippen LogP contribution in [0.2, 0.25) is 5.02 Å². The van der Waals surface area contributed by atoms with Gasteiger partial charge in [0, 0.05) is 11.3 Å². The molecule has 0 bridgehead atoms. The maximum absolute atomic E-state index is 13.1. The summed E-state index contributed by atoms with van der Waals surface area (Å²) in [7, 11) is 0. The summed E-state index contributed by atoms with van der Waals surface area (Å²) < 4.78 is 44.6. The minimum Gasteiger partial charge on any atom is -0.446 e. The lowest BCUT2D eigenvalue weighted by molar-refractivity contribution is -0.153. The lowest BCUT2D eigenvalue weighted by Crippen LogP contribution is -2.33. The van der Waals surface area contributed by atoms with Crippen molar-refractivity contribution in [3.05, 3.63) is 87.1 Å². The van der Waals surface area contributed by atoms with Gasteiger partial charge in [-0.3, -0.25) is 14.4 Å². The summed E-state index contributed by atoms with van der Waals surface area (Å²) in [5, 5.41) is 5.88. The van der Waals surface area contributed by atoms with Gasteiger partial charge in [0.2, 0.25) is 6.10 Å². The number of halogens is 4. The number of esters is 1. The van der Waals surface area contributed by atoms with Crippen molar-refractivity contribution >= 4 is 46.4 Å². The number of anilines is 1. The Morgan fingerprint density at radius 2 is 1.76 bits per heavy atom. The molecule has 0 aliphatic heterocycles. The fourth-order valence-corrected chi connectivity index (χ4v) is 3.61. The second kappa shape index (κ2) is 10.5. The van der Waals surface area contributed by atoms with Gasteiger partial charge < -0.3 is 15.4 Å². The normalized spacial score (nSPS) is 12.0. The first-order valence-electron chi connectivity index (χ1n) is 9.39. The smallest absolute Gasteiger partial charge is 0.417 e. The number of ether oxygens (including phenoxy) is 1. The highest BCUT2D eigenvalue weighted by Crippen LogP contribution is 2.36. The molecule has 1 heterocycles. The van der Waals surface area contributed by atoms with Gasteiger partial charge in [0.25, 0.3) is 11.8 Å². The predicted molar refractivity (Wildman–Crippen MR) is 117 cm³/mol. The molecule has 0 radical (unpaired) electrons. The molecule has 11 heteroatoms. The number of benzene rings is 2. The van der Waals surface area contributed by atoms with Crippen molar-refractivity contribution in [1.82, 2.24) is 5.32 Å². The Hall–Kier alpha value is -3.37. The van der Waals surface area contributed by atoms with Gasteiger partial charge >= 0.3 is 12.1 Å². The molecular formula is C22H16ClF3N2O4S. The maximum Gasteiger partial charge on any atom is 0.417 e. The summed E-state index contributed by atoms with van der Waals surface area (Å²) >= 11 is 6.79. The van der Waals surface area contributed by atoms with Crippen LogP contribution in [0.3, 0.4) is 0 Å². The van der Waals surface area contributed by atoms with Crippen LogP contribution in [0.4, 0.5) is 18.9 Å². The van der Waals surface area contributed by atoms with Crippen molar-refractivity contribution in [2.45, 2.75) is 12.3 Å².